The summed E-state index contributed by atoms with van der Waals surface area (Å²) in [4.78, 5) is 16.5. The number of amides is 1. The molecule has 0 saturated heterocycles. The lowest BCUT2D eigenvalue weighted by Gasteiger charge is -2.32. The van der Waals surface area contributed by atoms with Crippen molar-refractivity contribution in [2.45, 2.75) is 19.1 Å². The van der Waals surface area contributed by atoms with Gasteiger partial charge in [0.05, 0.1) is 5.56 Å². The number of halogens is 3. The fourth-order valence-corrected chi connectivity index (χ4v) is 3.90. The van der Waals surface area contributed by atoms with Crippen LogP contribution in [0.5, 0.6) is 0 Å². The molecule has 3 aromatic carbocycles. The Morgan fingerprint density at radius 1 is 1.00 bits per heavy atom. The third-order valence-corrected chi connectivity index (χ3v) is 5.63. The van der Waals surface area contributed by atoms with Crippen LogP contribution in [0.3, 0.4) is 0 Å². The molecule has 0 bridgehead atoms. The maximum atomic E-state index is 12.9. The second-order valence-corrected chi connectivity index (χ2v) is 7.62. The van der Waals surface area contributed by atoms with Gasteiger partial charge in [0.25, 0.3) is 5.91 Å². The van der Waals surface area contributed by atoms with Crippen molar-refractivity contribution in [3.05, 3.63) is 89.0 Å². The fourth-order valence-electron chi connectivity index (χ4n) is 3.90. The van der Waals surface area contributed by atoms with E-state index < -0.39 is 11.7 Å². The number of hydrogen-bond acceptors (Lipinski definition) is 3. The zero-order valence-corrected chi connectivity index (χ0v) is 17.0. The number of nitrogens with two attached hydrogens (primary N) is 1. The highest BCUT2D eigenvalue weighted by Crippen LogP contribution is 2.35. The number of nitrogens with zero attached hydrogens (tertiary/aromatic N) is 2. The average Bonchev–Trinajstić information content (AvgIpc) is 2.77. The number of fused-ring (bicyclic) bond motifs is 1. The Morgan fingerprint density at radius 2 is 1.68 bits per heavy atom. The molecular formula is C24H22F3N3O. The molecule has 1 amide bonds. The SMILES string of the molecule is CN(c1ccc(C(F)(F)F)cc1)c1cccc2c1CCN(C(=O)c1ccc(N)cc1)C2. The number of anilines is 3. The van der Waals surface area contributed by atoms with Gasteiger partial charge in [-0.3, -0.25) is 4.79 Å². The molecule has 2 N–H and O–H groups in total. The number of carbonyl (C=O) groups excluding carboxylic acids is 1. The first-order valence-corrected chi connectivity index (χ1v) is 9.90. The number of rotatable bonds is 3. The molecule has 0 fully saturated rings. The van der Waals surface area contributed by atoms with E-state index in [2.05, 4.69) is 0 Å². The lowest BCUT2D eigenvalue weighted by atomic mass is 9.96. The number of carbonyl (C=O) groups is 1. The molecule has 160 valence electrons. The molecule has 1 heterocycles. The number of nitrogen functional groups attached to an aromatic ring is 1. The molecule has 0 spiro atoms. The van der Waals surface area contributed by atoms with E-state index in [1.165, 1.54) is 12.1 Å². The number of benzene rings is 3. The van der Waals surface area contributed by atoms with E-state index >= 15 is 0 Å². The van der Waals surface area contributed by atoms with Gasteiger partial charge in [-0.05, 0) is 72.1 Å². The quantitative estimate of drug-likeness (QED) is 0.583. The third-order valence-electron chi connectivity index (χ3n) is 5.63. The lowest BCUT2D eigenvalue weighted by molar-refractivity contribution is -0.137. The number of hydrogen-bond donors (Lipinski definition) is 1. The highest BCUT2D eigenvalue weighted by Gasteiger charge is 2.30. The van der Waals surface area contributed by atoms with Crippen LogP contribution >= 0.6 is 0 Å². The van der Waals surface area contributed by atoms with Gasteiger partial charge < -0.3 is 15.5 Å². The highest BCUT2D eigenvalue weighted by atomic mass is 19.4. The summed E-state index contributed by atoms with van der Waals surface area (Å²) in [5, 5.41) is 0. The second-order valence-electron chi connectivity index (χ2n) is 7.62. The van der Waals surface area contributed by atoms with Crippen molar-refractivity contribution in [1.29, 1.82) is 0 Å². The molecule has 0 aliphatic carbocycles. The van der Waals surface area contributed by atoms with Crippen molar-refractivity contribution >= 4 is 23.0 Å². The normalized spacial score (nSPS) is 13.6. The van der Waals surface area contributed by atoms with Crippen molar-refractivity contribution in [3.63, 3.8) is 0 Å². The van der Waals surface area contributed by atoms with Crippen LogP contribution in [-0.2, 0) is 19.1 Å². The van der Waals surface area contributed by atoms with E-state index in [4.69, 9.17) is 5.73 Å². The summed E-state index contributed by atoms with van der Waals surface area (Å²) < 4.78 is 38.6. The van der Waals surface area contributed by atoms with Gasteiger partial charge in [-0.1, -0.05) is 12.1 Å². The van der Waals surface area contributed by atoms with E-state index in [1.54, 1.807) is 29.2 Å². The van der Waals surface area contributed by atoms with E-state index in [9.17, 15) is 18.0 Å². The molecule has 0 unspecified atom stereocenters. The first-order chi connectivity index (χ1) is 14.7. The van der Waals surface area contributed by atoms with Gasteiger partial charge in [0.2, 0.25) is 0 Å². The summed E-state index contributed by atoms with van der Waals surface area (Å²) in [6.07, 6.45) is -3.69. The maximum Gasteiger partial charge on any atom is 0.416 e. The minimum absolute atomic E-state index is 0.0489. The molecule has 4 nitrogen and oxygen atoms in total. The smallest absolute Gasteiger partial charge is 0.399 e. The van der Waals surface area contributed by atoms with Gasteiger partial charge in [0.1, 0.15) is 0 Å². The molecule has 0 radical (unpaired) electrons. The van der Waals surface area contributed by atoms with Crippen LogP contribution < -0.4 is 10.6 Å². The monoisotopic (exact) mass is 425 g/mol. The van der Waals surface area contributed by atoms with Crippen LogP contribution in [0.15, 0.2) is 66.7 Å². The van der Waals surface area contributed by atoms with Crippen molar-refractivity contribution in [2.75, 3.05) is 24.2 Å². The van der Waals surface area contributed by atoms with Crippen LogP contribution in [0.2, 0.25) is 0 Å². The molecule has 3 aromatic rings. The minimum atomic E-state index is -4.36. The zero-order chi connectivity index (χ0) is 22.2. The Morgan fingerprint density at radius 3 is 2.32 bits per heavy atom. The first kappa shape index (κ1) is 20.8. The van der Waals surface area contributed by atoms with Crippen LogP contribution in [0.1, 0.15) is 27.0 Å². The largest absolute Gasteiger partial charge is 0.416 e. The van der Waals surface area contributed by atoms with Gasteiger partial charge in [0.15, 0.2) is 0 Å². The van der Waals surface area contributed by atoms with Gasteiger partial charge in [-0.15, -0.1) is 0 Å². The Bertz CT molecular complexity index is 1090. The standard InChI is InChI=1S/C24H22F3N3O/c1-29(20-11-7-18(8-12-20)24(25,26)27)22-4-2-3-17-15-30(14-13-21(17)22)23(31)16-5-9-19(28)10-6-16/h2-12H,13-15,28H2,1H3. The maximum absolute atomic E-state index is 12.9. The summed E-state index contributed by atoms with van der Waals surface area (Å²) in [6.45, 7) is 1.04. The Labute approximate surface area is 178 Å². The first-order valence-electron chi connectivity index (χ1n) is 9.90. The van der Waals surface area contributed by atoms with E-state index in [-0.39, 0.29) is 5.91 Å². The predicted octanol–water partition coefficient (Wildman–Crippen LogP) is 5.25. The minimum Gasteiger partial charge on any atom is -0.399 e. The second kappa shape index (κ2) is 7.98. The van der Waals surface area contributed by atoms with Crippen molar-refractivity contribution in [2.24, 2.45) is 0 Å². The molecule has 0 saturated carbocycles. The molecule has 0 aromatic heterocycles. The van der Waals surface area contributed by atoms with Crippen molar-refractivity contribution in [3.8, 4) is 0 Å². The van der Waals surface area contributed by atoms with Crippen LogP contribution in [0.4, 0.5) is 30.2 Å². The van der Waals surface area contributed by atoms with E-state index in [0.29, 0.717) is 36.4 Å². The van der Waals surface area contributed by atoms with E-state index in [0.717, 1.165) is 28.9 Å². The highest BCUT2D eigenvalue weighted by molar-refractivity contribution is 5.94. The van der Waals surface area contributed by atoms with Gasteiger partial charge in [-0.2, -0.15) is 13.2 Å². The van der Waals surface area contributed by atoms with Crippen molar-refractivity contribution in [1.82, 2.24) is 4.90 Å². The lowest BCUT2D eigenvalue weighted by Crippen LogP contribution is -2.36. The summed E-state index contributed by atoms with van der Waals surface area (Å²) >= 11 is 0. The van der Waals surface area contributed by atoms with Crippen molar-refractivity contribution < 1.29 is 18.0 Å². The summed E-state index contributed by atoms with van der Waals surface area (Å²) in [5.41, 5.74) is 9.97. The summed E-state index contributed by atoms with van der Waals surface area (Å²) in [7, 11) is 1.84. The summed E-state index contributed by atoms with van der Waals surface area (Å²) in [5.74, 6) is -0.0489. The fraction of sp³-hybridized carbons (Fsp3) is 0.208. The Kier molecular flexibility index (Phi) is 5.35. The van der Waals surface area contributed by atoms with Crippen LogP contribution in [0, 0.1) is 0 Å². The third kappa shape index (κ3) is 4.21. The van der Waals surface area contributed by atoms with E-state index in [1.807, 2.05) is 30.1 Å². The molecular weight excluding hydrogens is 403 g/mol. The number of alkyl halides is 3. The molecule has 7 heteroatoms. The molecule has 0 atom stereocenters. The Balaban J connectivity index is 1.56. The predicted molar refractivity (Wildman–Crippen MR) is 115 cm³/mol. The topological polar surface area (TPSA) is 49.6 Å². The summed E-state index contributed by atoms with van der Waals surface area (Å²) in [6, 6.07) is 17.8. The molecule has 4 rings (SSSR count). The van der Waals surface area contributed by atoms with Crippen LogP contribution in [-0.4, -0.2) is 24.4 Å². The molecule has 31 heavy (non-hydrogen) atoms. The Hall–Kier alpha value is -3.48. The van der Waals surface area contributed by atoms with Gasteiger partial charge >= 0.3 is 6.18 Å². The zero-order valence-electron chi connectivity index (χ0n) is 17.0. The van der Waals surface area contributed by atoms with Crippen LogP contribution in [0.25, 0.3) is 0 Å². The molecule has 1 aliphatic heterocycles. The van der Waals surface area contributed by atoms with Gasteiger partial charge in [0, 0.05) is 42.8 Å². The average molecular weight is 425 g/mol. The molecule has 1 aliphatic rings. The van der Waals surface area contributed by atoms with Gasteiger partial charge in [-0.25, -0.2) is 0 Å².